The first-order valence-corrected chi connectivity index (χ1v) is 11.8. The maximum Gasteiger partial charge on any atom is 0.0701 e. The summed E-state index contributed by atoms with van der Waals surface area (Å²) in [6.07, 6.45) is 5.42. The Balaban J connectivity index is 1.34. The predicted molar refractivity (Wildman–Crippen MR) is 115 cm³/mol. The highest BCUT2D eigenvalue weighted by Gasteiger charge is 2.54. The lowest BCUT2D eigenvalue weighted by Gasteiger charge is -2.59. The van der Waals surface area contributed by atoms with E-state index in [2.05, 4.69) is 5.32 Å². The molecule has 3 heterocycles. The second kappa shape index (κ2) is 13.4. The van der Waals surface area contributed by atoms with Crippen LogP contribution in [0.5, 0.6) is 0 Å². The minimum atomic E-state index is -0.189. The molecule has 3 fully saturated rings. The van der Waals surface area contributed by atoms with Gasteiger partial charge in [0.2, 0.25) is 0 Å². The quantitative estimate of drug-likeness (QED) is 0.405. The van der Waals surface area contributed by atoms with Gasteiger partial charge < -0.3 is 38.9 Å². The monoisotopic (exact) mass is 446 g/mol. The van der Waals surface area contributed by atoms with E-state index in [9.17, 15) is 5.21 Å². The zero-order valence-electron chi connectivity index (χ0n) is 19.1. The number of hydrogen-bond donors (Lipinski definition) is 2. The van der Waals surface area contributed by atoms with E-state index >= 15 is 0 Å². The minimum Gasteiger partial charge on any atom is -0.382 e. The van der Waals surface area contributed by atoms with Crippen molar-refractivity contribution in [2.75, 3.05) is 86.3 Å². The van der Waals surface area contributed by atoms with Crippen LogP contribution in [-0.4, -0.2) is 114 Å². The van der Waals surface area contributed by atoms with Gasteiger partial charge in [0.1, 0.15) is 0 Å². The number of nitrogens with zero attached hydrogens (tertiary/aromatic N) is 1. The fraction of sp³-hybridized carbons (Fsp3) is 1.00. The largest absolute Gasteiger partial charge is 0.382 e. The highest BCUT2D eigenvalue weighted by Crippen LogP contribution is 2.46. The van der Waals surface area contributed by atoms with Gasteiger partial charge >= 0.3 is 0 Å². The number of hydroxylamine groups is 2. The fourth-order valence-corrected chi connectivity index (χ4v) is 5.16. The first kappa shape index (κ1) is 25.3. The normalized spacial score (nSPS) is 25.9. The first-order chi connectivity index (χ1) is 15.2. The minimum absolute atomic E-state index is 0.189. The Labute approximate surface area is 186 Å². The number of ether oxygens (including phenoxy) is 6. The summed E-state index contributed by atoms with van der Waals surface area (Å²) in [7, 11) is 1.66. The number of hydrogen-bond acceptors (Lipinski definition) is 9. The van der Waals surface area contributed by atoms with E-state index in [1.165, 1.54) is 0 Å². The molecule has 0 aromatic rings. The van der Waals surface area contributed by atoms with E-state index in [-0.39, 0.29) is 11.1 Å². The van der Waals surface area contributed by atoms with Gasteiger partial charge in [-0.15, -0.1) is 0 Å². The summed E-state index contributed by atoms with van der Waals surface area (Å²) in [5, 5.41) is 16.7. The second-order valence-corrected chi connectivity index (χ2v) is 8.87. The molecule has 31 heavy (non-hydrogen) atoms. The maximum atomic E-state index is 11.3. The van der Waals surface area contributed by atoms with Crippen molar-refractivity contribution in [2.45, 2.75) is 55.6 Å². The van der Waals surface area contributed by atoms with Crippen LogP contribution in [0.4, 0.5) is 0 Å². The summed E-state index contributed by atoms with van der Waals surface area (Å²) in [4.78, 5) is 0. The van der Waals surface area contributed by atoms with Crippen molar-refractivity contribution in [3.8, 4) is 0 Å². The van der Waals surface area contributed by atoms with Gasteiger partial charge in [-0.25, -0.2) is 0 Å². The Morgan fingerprint density at radius 2 is 1.23 bits per heavy atom. The SMILES string of the molecule is COCCOCCOCCOCCNC1CC2(CCOCC2)N(O)C2(CCOCC2)C1. The molecule has 0 aromatic carbocycles. The van der Waals surface area contributed by atoms with Crippen molar-refractivity contribution in [3.05, 3.63) is 0 Å². The fourth-order valence-electron chi connectivity index (χ4n) is 5.16. The molecule has 3 saturated heterocycles. The zero-order valence-corrected chi connectivity index (χ0v) is 19.1. The van der Waals surface area contributed by atoms with E-state index in [0.717, 1.165) is 71.5 Å². The van der Waals surface area contributed by atoms with Crippen molar-refractivity contribution in [1.29, 1.82) is 0 Å². The van der Waals surface area contributed by atoms with E-state index in [0.29, 0.717) is 52.3 Å². The number of nitrogens with one attached hydrogen (secondary N) is 1. The molecule has 182 valence electrons. The predicted octanol–water partition coefficient (Wildman–Crippen LogP) is 1.22. The van der Waals surface area contributed by atoms with Crippen molar-refractivity contribution < 1.29 is 33.6 Å². The number of methoxy groups -OCH3 is 1. The van der Waals surface area contributed by atoms with Crippen LogP contribution in [0.3, 0.4) is 0 Å². The maximum absolute atomic E-state index is 11.3. The third-order valence-electron chi connectivity index (χ3n) is 6.85. The van der Waals surface area contributed by atoms with E-state index in [4.69, 9.17) is 28.4 Å². The highest BCUT2D eigenvalue weighted by molar-refractivity contribution is 5.07. The summed E-state index contributed by atoms with van der Waals surface area (Å²) in [5.41, 5.74) is -0.378. The van der Waals surface area contributed by atoms with E-state index in [1.807, 2.05) is 0 Å². The number of piperidine rings is 1. The molecule has 0 radical (unpaired) electrons. The molecular formula is C22H42N2O7. The molecule has 0 bridgehead atoms. The lowest BCUT2D eigenvalue weighted by Crippen LogP contribution is -2.69. The van der Waals surface area contributed by atoms with E-state index in [1.54, 1.807) is 12.2 Å². The lowest BCUT2D eigenvalue weighted by molar-refractivity contribution is -0.295. The molecular weight excluding hydrogens is 404 g/mol. The van der Waals surface area contributed by atoms with Crippen molar-refractivity contribution in [1.82, 2.24) is 10.4 Å². The van der Waals surface area contributed by atoms with Crippen LogP contribution >= 0.6 is 0 Å². The Morgan fingerprint density at radius 3 is 1.71 bits per heavy atom. The standard InChI is InChI=1S/C22H42N2O7/c1-26-12-13-30-16-17-31-15-14-29-11-6-23-20-18-21(2-7-27-8-3-21)24(25)22(19-20)4-9-28-10-5-22/h20,23,25H,2-19H2,1H3. The average Bonchev–Trinajstić information content (AvgIpc) is 2.79. The molecule has 3 aliphatic rings. The van der Waals surface area contributed by atoms with Crippen molar-refractivity contribution in [2.24, 2.45) is 0 Å². The van der Waals surface area contributed by atoms with Crippen molar-refractivity contribution in [3.63, 3.8) is 0 Å². The average molecular weight is 447 g/mol. The first-order valence-electron chi connectivity index (χ1n) is 11.8. The summed E-state index contributed by atoms with van der Waals surface area (Å²) in [6.45, 7) is 7.84. The van der Waals surface area contributed by atoms with Crippen LogP contribution < -0.4 is 5.32 Å². The van der Waals surface area contributed by atoms with Crippen LogP contribution in [0.25, 0.3) is 0 Å². The third-order valence-corrected chi connectivity index (χ3v) is 6.85. The molecule has 2 spiro atoms. The van der Waals surface area contributed by atoms with Gasteiger partial charge in [-0.1, -0.05) is 0 Å². The third kappa shape index (κ3) is 7.31. The Bertz CT molecular complexity index is 456. The van der Waals surface area contributed by atoms with Crippen LogP contribution in [0.2, 0.25) is 0 Å². The summed E-state index contributed by atoms with van der Waals surface area (Å²) < 4.78 is 32.7. The molecule has 0 aromatic heterocycles. The van der Waals surface area contributed by atoms with Gasteiger partial charge in [0.25, 0.3) is 0 Å². The Morgan fingerprint density at radius 1 is 0.774 bits per heavy atom. The van der Waals surface area contributed by atoms with Crippen LogP contribution in [0, 0.1) is 0 Å². The second-order valence-electron chi connectivity index (χ2n) is 8.87. The van der Waals surface area contributed by atoms with Crippen LogP contribution in [0.1, 0.15) is 38.5 Å². The van der Waals surface area contributed by atoms with Crippen molar-refractivity contribution >= 4 is 0 Å². The van der Waals surface area contributed by atoms with Gasteiger partial charge in [-0.3, -0.25) is 0 Å². The summed E-state index contributed by atoms with van der Waals surface area (Å²) in [6, 6.07) is 0.365. The molecule has 0 amide bonds. The van der Waals surface area contributed by atoms with E-state index < -0.39 is 0 Å². The zero-order chi connectivity index (χ0) is 21.8. The lowest BCUT2D eigenvalue weighted by atomic mass is 9.69. The molecule has 0 saturated carbocycles. The molecule has 0 atom stereocenters. The Hall–Kier alpha value is -0.360. The topological polar surface area (TPSA) is 90.9 Å². The summed E-state index contributed by atoms with van der Waals surface area (Å²) in [5.74, 6) is 0. The van der Waals surface area contributed by atoms with Gasteiger partial charge in [0, 0.05) is 46.1 Å². The van der Waals surface area contributed by atoms with Crippen LogP contribution in [0.15, 0.2) is 0 Å². The molecule has 0 unspecified atom stereocenters. The molecule has 0 aliphatic carbocycles. The highest BCUT2D eigenvalue weighted by atomic mass is 16.6. The molecule has 9 heteroatoms. The molecule has 9 nitrogen and oxygen atoms in total. The van der Waals surface area contributed by atoms with Gasteiger partial charge in [0.15, 0.2) is 0 Å². The molecule has 3 aliphatic heterocycles. The van der Waals surface area contributed by atoms with Crippen LogP contribution in [-0.2, 0) is 28.4 Å². The molecule has 2 N–H and O–H groups in total. The van der Waals surface area contributed by atoms with Gasteiger partial charge in [0.05, 0.1) is 57.3 Å². The smallest absolute Gasteiger partial charge is 0.0701 e. The summed E-state index contributed by atoms with van der Waals surface area (Å²) >= 11 is 0. The van der Waals surface area contributed by atoms with Gasteiger partial charge in [-0.2, -0.15) is 5.06 Å². The van der Waals surface area contributed by atoms with Gasteiger partial charge in [-0.05, 0) is 38.5 Å². The Kier molecular flexibility index (Phi) is 10.9. The number of rotatable bonds is 13. The molecule has 3 rings (SSSR count).